The molecule has 1 rings (SSSR count). The summed E-state index contributed by atoms with van der Waals surface area (Å²) in [6.45, 7) is 3.76. The summed E-state index contributed by atoms with van der Waals surface area (Å²) in [5, 5.41) is 3.04. The molecule has 0 aromatic rings. The van der Waals surface area contributed by atoms with Crippen molar-refractivity contribution in [3.05, 3.63) is 0 Å². The first kappa shape index (κ1) is 6.43. The number of hydrogen-bond acceptors (Lipinski definition) is 3. The van der Waals surface area contributed by atoms with Crippen molar-refractivity contribution in [3.63, 3.8) is 0 Å². The molecule has 0 bridgehead atoms. The third-order valence-electron chi connectivity index (χ3n) is 1.51. The Balaban J connectivity index is 2.54. The molecule has 1 unspecified atom stereocenters. The maximum atomic E-state index is 9.39. The molecule has 2 N–H and O–H groups in total. The molecule has 1 atom stereocenters. The van der Waals surface area contributed by atoms with Crippen LogP contribution in [0.4, 0.5) is 0 Å². The Kier molecular flexibility index (Phi) is 1.54. The van der Waals surface area contributed by atoms with Crippen molar-refractivity contribution >= 4 is 7.79 Å². The number of hydrogen-bond donors (Lipinski definition) is 2. The van der Waals surface area contributed by atoms with E-state index in [1.807, 2.05) is 18.4 Å². The van der Waals surface area contributed by atoms with Crippen LogP contribution in [-0.4, -0.2) is 36.4 Å². The van der Waals surface area contributed by atoms with Gasteiger partial charge in [-0.3, -0.25) is 0 Å². The second kappa shape index (κ2) is 1.92. The van der Waals surface area contributed by atoms with Crippen LogP contribution in [0.2, 0.25) is 0 Å². The number of likely N-dealkylation sites (N-methyl/N-ethyl adjacent to an activating group) is 1. The lowest BCUT2D eigenvalue weighted by molar-refractivity contribution is 0.495. The molecule has 0 aliphatic carbocycles. The van der Waals surface area contributed by atoms with E-state index in [0.717, 1.165) is 13.1 Å². The predicted octanol–water partition coefficient (Wildman–Crippen LogP) is -0.0939. The lowest BCUT2D eigenvalue weighted by Crippen LogP contribution is -2.15. The average molecular weight is 135 g/mol. The van der Waals surface area contributed by atoms with Crippen LogP contribution < -0.4 is 5.09 Å². The lowest BCUT2D eigenvalue weighted by Gasteiger charge is -2.13. The van der Waals surface area contributed by atoms with Gasteiger partial charge in [-0.25, -0.2) is 4.89 Å². The van der Waals surface area contributed by atoms with Crippen LogP contribution in [0.1, 0.15) is 0 Å². The van der Waals surface area contributed by atoms with Gasteiger partial charge in [-0.2, -0.15) is 5.09 Å². The highest BCUT2D eigenvalue weighted by Crippen LogP contribution is 2.51. The van der Waals surface area contributed by atoms with E-state index in [2.05, 4.69) is 5.09 Å². The molecule has 0 aromatic heterocycles. The molecule has 1 aliphatic rings. The molecule has 0 radical (unpaired) electrons. The molecule has 1 saturated heterocycles. The molecule has 1 aliphatic heterocycles. The van der Waals surface area contributed by atoms with Gasteiger partial charge in [0.2, 0.25) is 0 Å². The fourth-order valence-corrected chi connectivity index (χ4v) is 1.99. The van der Waals surface area contributed by atoms with E-state index in [1.54, 1.807) is 0 Å². The van der Waals surface area contributed by atoms with Gasteiger partial charge < -0.3 is 0 Å². The highest BCUT2D eigenvalue weighted by Gasteiger charge is 2.39. The molecule has 8 heavy (non-hydrogen) atoms. The van der Waals surface area contributed by atoms with Crippen molar-refractivity contribution in [3.8, 4) is 0 Å². The Morgan fingerprint density at radius 2 is 2.38 bits per heavy atom. The van der Waals surface area contributed by atoms with E-state index in [4.69, 9.17) is 0 Å². The van der Waals surface area contributed by atoms with Crippen LogP contribution in [-0.2, 0) is 0 Å². The van der Waals surface area contributed by atoms with Crippen LogP contribution in [0.25, 0.3) is 0 Å². The smallest absolute Gasteiger partial charge is 0.213 e. The highest BCUT2D eigenvalue weighted by atomic mass is 31.2. The van der Waals surface area contributed by atoms with Crippen molar-refractivity contribution < 1.29 is 4.89 Å². The van der Waals surface area contributed by atoms with Gasteiger partial charge in [-0.15, -0.1) is 4.67 Å². The van der Waals surface area contributed by atoms with Gasteiger partial charge in [0, 0.05) is 7.05 Å². The second-order valence-electron chi connectivity index (χ2n) is 2.20. The van der Waals surface area contributed by atoms with Crippen molar-refractivity contribution in [2.45, 2.75) is 0 Å². The summed E-state index contributed by atoms with van der Waals surface area (Å²) < 4.78 is 1.98. The molecule has 1 heterocycles. The molecule has 3 nitrogen and oxygen atoms in total. The Morgan fingerprint density at radius 1 is 1.75 bits per heavy atom. The minimum atomic E-state index is -1.80. The fourth-order valence-electron chi connectivity index (χ4n) is 0.739. The van der Waals surface area contributed by atoms with Crippen molar-refractivity contribution in [2.75, 3.05) is 26.8 Å². The van der Waals surface area contributed by atoms with Crippen LogP contribution in [0, 0.1) is 0 Å². The summed E-state index contributed by atoms with van der Waals surface area (Å²) >= 11 is 0. The normalized spacial score (nSPS) is 40.9. The molecule has 0 aromatic carbocycles. The zero-order valence-corrected chi connectivity index (χ0v) is 6.15. The third-order valence-corrected chi connectivity index (χ3v) is 3.86. The molecule has 0 saturated carbocycles. The summed E-state index contributed by atoms with van der Waals surface area (Å²) in [6, 6.07) is 0. The Labute approximate surface area is 50.2 Å². The van der Waals surface area contributed by atoms with E-state index in [-0.39, 0.29) is 0 Å². The molecule has 1 fully saturated rings. The van der Waals surface area contributed by atoms with E-state index < -0.39 is 7.79 Å². The van der Waals surface area contributed by atoms with Crippen molar-refractivity contribution in [1.29, 1.82) is 0 Å². The standard InChI is InChI=1S/C4H12N2OP/c1-6-4-3-5-8(6,2)7/h5,7H,3-4H2,1-2H3/q+1. The summed E-state index contributed by atoms with van der Waals surface area (Å²) in [7, 11) is 0.137. The van der Waals surface area contributed by atoms with E-state index >= 15 is 0 Å². The zero-order valence-electron chi connectivity index (χ0n) is 5.26. The molecule has 0 spiro atoms. The maximum absolute atomic E-state index is 9.39. The van der Waals surface area contributed by atoms with Gasteiger partial charge in [-0.1, -0.05) is 0 Å². The number of nitrogens with zero attached hydrogens (tertiary/aromatic N) is 1. The van der Waals surface area contributed by atoms with Gasteiger partial charge in [0.05, 0.1) is 13.1 Å². The summed E-state index contributed by atoms with van der Waals surface area (Å²) in [6.07, 6.45) is 0. The quantitative estimate of drug-likeness (QED) is 0.455. The van der Waals surface area contributed by atoms with Crippen molar-refractivity contribution in [1.82, 2.24) is 9.76 Å². The fraction of sp³-hybridized carbons (Fsp3) is 1.00. The second-order valence-corrected chi connectivity index (χ2v) is 5.03. The summed E-state index contributed by atoms with van der Waals surface area (Å²) in [5.74, 6) is 0. The Morgan fingerprint density at radius 3 is 2.50 bits per heavy atom. The first-order valence-electron chi connectivity index (χ1n) is 2.69. The van der Waals surface area contributed by atoms with Gasteiger partial charge in [0.25, 0.3) is 7.79 Å². The van der Waals surface area contributed by atoms with Crippen LogP contribution in [0.15, 0.2) is 0 Å². The zero-order chi connectivity index (χ0) is 6.20. The van der Waals surface area contributed by atoms with Gasteiger partial charge in [0.15, 0.2) is 0 Å². The largest absolute Gasteiger partial charge is 0.280 e. The number of rotatable bonds is 0. The molecule has 4 heteroatoms. The van der Waals surface area contributed by atoms with E-state index in [0.29, 0.717) is 0 Å². The van der Waals surface area contributed by atoms with Crippen LogP contribution in [0.3, 0.4) is 0 Å². The van der Waals surface area contributed by atoms with Gasteiger partial charge in [0.1, 0.15) is 6.66 Å². The lowest BCUT2D eigenvalue weighted by atomic mass is 10.7. The first-order valence-corrected chi connectivity index (χ1v) is 4.83. The third kappa shape index (κ3) is 1.00. The highest BCUT2D eigenvalue weighted by molar-refractivity contribution is 7.65. The first-order chi connectivity index (χ1) is 3.63. The molecule has 0 amide bonds. The minimum Gasteiger partial charge on any atom is -0.213 e. The molecular formula is C4H12N2OP+. The topological polar surface area (TPSA) is 35.5 Å². The average Bonchev–Trinajstić information content (AvgIpc) is 1.86. The number of nitrogens with one attached hydrogen (secondary N) is 1. The van der Waals surface area contributed by atoms with Crippen molar-refractivity contribution in [2.24, 2.45) is 0 Å². The van der Waals surface area contributed by atoms with Gasteiger partial charge in [-0.05, 0) is 0 Å². The Hall–Kier alpha value is 0.310. The van der Waals surface area contributed by atoms with Crippen LogP contribution >= 0.6 is 7.79 Å². The summed E-state index contributed by atoms with van der Waals surface area (Å²) in [5.41, 5.74) is 0. The Bertz CT molecular complexity index is 96.0. The van der Waals surface area contributed by atoms with E-state index in [1.165, 1.54) is 0 Å². The van der Waals surface area contributed by atoms with Crippen LogP contribution in [0.5, 0.6) is 0 Å². The summed E-state index contributed by atoms with van der Waals surface area (Å²) in [4.78, 5) is 9.39. The predicted molar refractivity (Wildman–Crippen MR) is 35.7 cm³/mol. The van der Waals surface area contributed by atoms with E-state index in [9.17, 15) is 4.89 Å². The monoisotopic (exact) mass is 135 g/mol. The SMILES string of the molecule is CN1CCN[P+]1(C)O. The minimum absolute atomic E-state index is 0.928. The molecular weight excluding hydrogens is 123 g/mol. The molecule has 48 valence electrons. The maximum Gasteiger partial charge on any atom is 0.280 e. The van der Waals surface area contributed by atoms with Gasteiger partial charge >= 0.3 is 0 Å².